The quantitative estimate of drug-likeness (QED) is 0.404. The molecule has 6 heavy (non-hydrogen) atoms. The second-order valence-electron chi connectivity index (χ2n) is 0.810. The smallest absolute Gasteiger partial charge is 0.0514 e. The molecule has 1 atom stereocenters. The van der Waals surface area contributed by atoms with E-state index in [9.17, 15) is 4.55 Å². The van der Waals surface area contributed by atoms with Crippen LogP contribution in [0.4, 0.5) is 0 Å². The van der Waals surface area contributed by atoms with Crippen molar-refractivity contribution < 1.29 is 4.55 Å². The van der Waals surface area contributed by atoms with Gasteiger partial charge in [-0.2, -0.15) is 0 Å². The van der Waals surface area contributed by atoms with Gasteiger partial charge in [-0.3, -0.25) is 0 Å². The van der Waals surface area contributed by atoms with Gasteiger partial charge in [0.05, 0.1) is 5.49 Å². The van der Waals surface area contributed by atoms with Crippen molar-refractivity contribution in [2.45, 2.75) is 0 Å². The van der Waals surface area contributed by atoms with Crippen molar-refractivity contribution in [3.05, 3.63) is 5.41 Å². The van der Waals surface area contributed by atoms with Gasteiger partial charge in [0.1, 0.15) is 0 Å². The van der Waals surface area contributed by atoms with E-state index in [4.69, 9.17) is 0 Å². The van der Waals surface area contributed by atoms with Crippen molar-refractivity contribution in [2.75, 3.05) is 0 Å². The Hall–Kier alpha value is -0.370. The maximum absolute atomic E-state index is 10.1. The molecule has 1 aliphatic heterocycles. The van der Waals surface area contributed by atoms with E-state index in [2.05, 4.69) is 10.9 Å². The van der Waals surface area contributed by atoms with E-state index in [1.165, 1.54) is 10.9 Å². The average Bonchev–Trinajstić information content (AvgIpc) is 1.86. The molecule has 0 fully saturated rings. The second kappa shape index (κ2) is 1.39. The Morgan fingerprint density at radius 3 is 2.83 bits per heavy atom. The molecule has 1 unspecified atom stereocenters. The lowest BCUT2D eigenvalue weighted by Crippen LogP contribution is -1.53. The van der Waals surface area contributed by atoms with Crippen LogP contribution in [0.1, 0.15) is 0 Å². The lowest BCUT2D eigenvalue weighted by Gasteiger charge is -1.96. The van der Waals surface area contributed by atoms with Gasteiger partial charge in [-0.1, -0.05) is 0 Å². The van der Waals surface area contributed by atoms with Crippen molar-refractivity contribution in [3.8, 4) is 0 Å². The molecule has 0 N–H and O–H groups in total. The van der Waals surface area contributed by atoms with Crippen molar-refractivity contribution in [1.29, 1.82) is 0 Å². The first-order valence-electron chi connectivity index (χ1n) is 1.41. The summed E-state index contributed by atoms with van der Waals surface area (Å²) in [6.45, 7) is 0. The van der Waals surface area contributed by atoms with E-state index in [1.54, 1.807) is 0 Å². The van der Waals surface area contributed by atoms with E-state index < -0.39 is 10.8 Å². The first-order chi connectivity index (χ1) is 2.89. The van der Waals surface area contributed by atoms with Gasteiger partial charge in [-0.15, -0.1) is 0 Å². The molecule has 1 heterocycles. The fourth-order valence-electron chi connectivity index (χ4n) is 0.195. The Labute approximate surface area is 38.0 Å². The lowest BCUT2D eigenvalue weighted by atomic mass is 11.1. The standard InChI is InChI=1S/C3H2NOS/c5-6-2-1-4-3-6/h2-3H/q-1. The molecule has 0 aromatic rings. The summed E-state index contributed by atoms with van der Waals surface area (Å²) >= 11 is 0. The second-order valence-corrected chi connectivity index (χ2v) is 1.91. The van der Waals surface area contributed by atoms with Gasteiger partial charge >= 0.3 is 0 Å². The number of hydrogen-bond donors (Lipinski definition) is 0. The van der Waals surface area contributed by atoms with Gasteiger partial charge in [0.25, 0.3) is 0 Å². The van der Waals surface area contributed by atoms with E-state index in [-0.39, 0.29) is 0 Å². The van der Waals surface area contributed by atoms with Gasteiger partial charge in [-0.05, 0) is 5.87 Å². The third-order valence-electron chi connectivity index (χ3n) is 0.400. The first kappa shape index (κ1) is 3.81. The predicted octanol–water partition coefficient (Wildman–Crippen LogP) is 0.342. The van der Waals surface area contributed by atoms with Crippen LogP contribution in [0.5, 0.6) is 0 Å². The minimum Gasteiger partial charge on any atom is -0.798 e. The summed E-state index contributed by atoms with van der Waals surface area (Å²) in [4.78, 5) is 3.43. The summed E-state index contributed by atoms with van der Waals surface area (Å²) in [7, 11) is -0.951. The highest BCUT2D eigenvalue weighted by Gasteiger charge is 1.68. The summed E-state index contributed by atoms with van der Waals surface area (Å²) in [5.74, 6) is 2.42. The zero-order valence-corrected chi connectivity index (χ0v) is 3.73. The molecular weight excluding hydrogens is 98.1 g/mol. The maximum atomic E-state index is 10.1. The SMILES string of the molecule is [O-]S1=CN=C=C1. The molecule has 0 saturated heterocycles. The third kappa shape index (κ3) is 0.571. The largest absolute Gasteiger partial charge is 0.798 e. The van der Waals surface area contributed by atoms with Gasteiger partial charge in [0.2, 0.25) is 0 Å². The predicted molar refractivity (Wildman–Crippen MR) is 26.4 cm³/mol. The molecule has 0 radical (unpaired) electrons. The Kier molecular flexibility index (Phi) is 0.881. The molecule has 0 spiro atoms. The Balaban J connectivity index is 2.88. The molecule has 0 saturated carbocycles. The van der Waals surface area contributed by atoms with E-state index >= 15 is 0 Å². The zero-order valence-electron chi connectivity index (χ0n) is 2.92. The molecule has 0 amide bonds. The molecule has 0 aliphatic carbocycles. The minimum atomic E-state index is -0.951. The Bertz CT molecular complexity index is 143. The van der Waals surface area contributed by atoms with Gasteiger partial charge in [-0.25, -0.2) is 15.8 Å². The van der Waals surface area contributed by atoms with Gasteiger partial charge < -0.3 is 4.55 Å². The van der Waals surface area contributed by atoms with Crippen LogP contribution in [0.25, 0.3) is 0 Å². The minimum absolute atomic E-state index is 0.951. The first-order valence-corrected chi connectivity index (χ1v) is 2.68. The van der Waals surface area contributed by atoms with Crippen LogP contribution >= 0.6 is 10.8 Å². The molecule has 3 heteroatoms. The van der Waals surface area contributed by atoms with Crippen molar-refractivity contribution in [2.24, 2.45) is 4.99 Å². The lowest BCUT2D eigenvalue weighted by molar-refractivity contribution is 0.623. The average molecular weight is 100 g/mol. The number of hydrogen-bond acceptors (Lipinski definition) is 2. The molecule has 0 bridgehead atoms. The summed E-state index contributed by atoms with van der Waals surface area (Å²) in [6.07, 6.45) is 0. The van der Waals surface area contributed by atoms with Crippen molar-refractivity contribution in [1.82, 2.24) is 0 Å². The van der Waals surface area contributed by atoms with Crippen LogP contribution in [0.2, 0.25) is 0 Å². The normalized spacial score (nSPS) is 27.8. The number of rotatable bonds is 0. The molecule has 32 valence electrons. The van der Waals surface area contributed by atoms with Gasteiger partial charge in [0, 0.05) is 5.41 Å². The van der Waals surface area contributed by atoms with Crippen LogP contribution in [-0.2, 0) is 0 Å². The highest BCUT2D eigenvalue weighted by atomic mass is 32.2. The molecule has 1 rings (SSSR count). The summed E-state index contributed by atoms with van der Waals surface area (Å²) in [5.41, 5.74) is 1.33. The van der Waals surface area contributed by atoms with Crippen LogP contribution in [0.15, 0.2) is 10.4 Å². The van der Waals surface area contributed by atoms with E-state index in [1.807, 2.05) is 0 Å². The van der Waals surface area contributed by atoms with Crippen LogP contribution < -0.4 is 0 Å². The van der Waals surface area contributed by atoms with Crippen LogP contribution in [0, 0.1) is 0 Å². The molecule has 1 aliphatic rings. The maximum Gasteiger partial charge on any atom is 0.0514 e. The highest BCUT2D eigenvalue weighted by Crippen LogP contribution is 2.04. The zero-order chi connectivity index (χ0) is 4.41. The summed E-state index contributed by atoms with van der Waals surface area (Å²) < 4.78 is 10.1. The van der Waals surface area contributed by atoms with E-state index in [0.717, 1.165) is 0 Å². The summed E-state index contributed by atoms with van der Waals surface area (Å²) in [6, 6.07) is 0. The van der Waals surface area contributed by atoms with Crippen LogP contribution in [0.3, 0.4) is 0 Å². The fourth-order valence-corrected chi connectivity index (χ4v) is 0.586. The van der Waals surface area contributed by atoms with Crippen LogP contribution in [-0.4, -0.2) is 15.9 Å². The molecule has 0 aromatic carbocycles. The molecule has 0 aromatic heterocycles. The van der Waals surface area contributed by atoms with Crippen molar-refractivity contribution >= 4 is 22.1 Å². The summed E-state index contributed by atoms with van der Waals surface area (Å²) in [5, 5.41) is 1.40. The monoisotopic (exact) mass is 100.0 g/mol. The highest BCUT2D eigenvalue weighted by molar-refractivity contribution is 8.13. The number of aliphatic imine (C=N–C) groups is 1. The Morgan fingerprint density at radius 2 is 2.67 bits per heavy atom. The van der Waals surface area contributed by atoms with Crippen molar-refractivity contribution in [3.63, 3.8) is 0 Å². The van der Waals surface area contributed by atoms with E-state index in [0.29, 0.717) is 0 Å². The van der Waals surface area contributed by atoms with Gasteiger partial charge in [0.15, 0.2) is 0 Å². The number of nitrogens with zero attached hydrogens (tertiary/aromatic N) is 1. The fraction of sp³-hybridized carbons (Fsp3) is 0. The molecular formula is C3H2NOS-. The Morgan fingerprint density at radius 1 is 1.83 bits per heavy atom. The third-order valence-corrected chi connectivity index (χ3v) is 1.05. The molecule has 2 nitrogen and oxygen atoms in total. The topological polar surface area (TPSA) is 35.4 Å².